The summed E-state index contributed by atoms with van der Waals surface area (Å²) in [6, 6.07) is 6.63. The first-order valence-corrected chi connectivity index (χ1v) is 5.37. The number of ether oxygens (including phenoxy) is 1. The first-order valence-electron chi connectivity index (χ1n) is 3.82. The number of hydrogen-bond donors (Lipinski definition) is 1. The van der Waals surface area contributed by atoms with Crippen molar-refractivity contribution in [2.75, 3.05) is 6.61 Å². The van der Waals surface area contributed by atoms with E-state index in [1.807, 2.05) is 0 Å². The minimum atomic E-state index is -3.62. The van der Waals surface area contributed by atoms with Gasteiger partial charge in [-0.1, -0.05) is 18.2 Å². The van der Waals surface area contributed by atoms with Crippen molar-refractivity contribution in [3.63, 3.8) is 0 Å². The molecule has 0 spiro atoms. The molecular weight excluding hydrogens is 190 g/mol. The monoisotopic (exact) mass is 199 g/mol. The van der Waals surface area contributed by atoms with Gasteiger partial charge in [-0.15, -0.1) is 0 Å². The highest BCUT2D eigenvalue weighted by Gasteiger charge is 2.29. The molecule has 1 aliphatic heterocycles. The molecule has 1 fully saturated rings. The van der Waals surface area contributed by atoms with Crippen LogP contribution in [0.2, 0.25) is 0 Å². The van der Waals surface area contributed by atoms with Crippen molar-refractivity contribution in [2.45, 2.75) is 11.0 Å². The van der Waals surface area contributed by atoms with Gasteiger partial charge >= 0.3 is 0 Å². The zero-order valence-corrected chi connectivity index (χ0v) is 7.62. The van der Waals surface area contributed by atoms with Crippen LogP contribution >= 0.6 is 0 Å². The average Bonchev–Trinajstić information content (AvgIpc) is 2.85. The summed E-state index contributed by atoms with van der Waals surface area (Å²) >= 11 is 0. The molecule has 0 aliphatic carbocycles. The Hall–Kier alpha value is -0.910. The molecular formula is C8H9NO3S. The van der Waals surface area contributed by atoms with Crippen LogP contribution in [0.3, 0.4) is 0 Å². The van der Waals surface area contributed by atoms with Crippen LogP contribution in [0.15, 0.2) is 29.2 Å². The van der Waals surface area contributed by atoms with Crippen LogP contribution in [0.4, 0.5) is 0 Å². The van der Waals surface area contributed by atoms with Crippen LogP contribution in [0.5, 0.6) is 0 Å². The van der Waals surface area contributed by atoms with Crippen LogP contribution in [-0.4, -0.2) is 15.0 Å². The van der Waals surface area contributed by atoms with Crippen molar-refractivity contribution in [2.24, 2.45) is 5.14 Å². The number of nitrogens with two attached hydrogens (primary N) is 1. The van der Waals surface area contributed by atoms with Gasteiger partial charge in [0.1, 0.15) is 6.10 Å². The number of epoxide rings is 1. The maximum absolute atomic E-state index is 11.1. The molecule has 1 saturated heterocycles. The third kappa shape index (κ3) is 1.72. The van der Waals surface area contributed by atoms with Crippen molar-refractivity contribution in [1.82, 2.24) is 0 Å². The van der Waals surface area contributed by atoms with E-state index in [-0.39, 0.29) is 11.0 Å². The minimum Gasteiger partial charge on any atom is -0.368 e. The summed E-state index contributed by atoms with van der Waals surface area (Å²) in [6.45, 7) is 0.576. The van der Waals surface area contributed by atoms with Gasteiger partial charge in [-0.05, 0) is 6.07 Å². The van der Waals surface area contributed by atoms with Gasteiger partial charge in [0, 0.05) is 5.56 Å². The zero-order chi connectivity index (χ0) is 9.47. The van der Waals surface area contributed by atoms with E-state index in [1.54, 1.807) is 18.2 Å². The number of benzene rings is 1. The molecule has 70 valence electrons. The first-order chi connectivity index (χ1) is 6.09. The smallest absolute Gasteiger partial charge is 0.238 e. The van der Waals surface area contributed by atoms with Gasteiger partial charge in [0.05, 0.1) is 11.5 Å². The second-order valence-electron chi connectivity index (χ2n) is 2.90. The van der Waals surface area contributed by atoms with E-state index in [4.69, 9.17) is 9.88 Å². The number of sulfonamides is 1. The molecule has 0 radical (unpaired) electrons. The number of hydrogen-bond acceptors (Lipinski definition) is 3. The molecule has 2 N–H and O–H groups in total. The fraction of sp³-hybridized carbons (Fsp3) is 0.250. The summed E-state index contributed by atoms with van der Waals surface area (Å²) in [6.07, 6.45) is -0.0884. The summed E-state index contributed by atoms with van der Waals surface area (Å²) in [7, 11) is -3.62. The minimum absolute atomic E-state index is 0.0884. The Kier molecular flexibility index (Phi) is 1.87. The fourth-order valence-electron chi connectivity index (χ4n) is 1.23. The van der Waals surface area contributed by atoms with Crippen molar-refractivity contribution in [1.29, 1.82) is 0 Å². The van der Waals surface area contributed by atoms with Gasteiger partial charge in [0.25, 0.3) is 0 Å². The average molecular weight is 199 g/mol. The van der Waals surface area contributed by atoms with Gasteiger partial charge in [0.15, 0.2) is 0 Å². The van der Waals surface area contributed by atoms with E-state index in [1.165, 1.54) is 6.07 Å². The normalized spacial score (nSPS) is 21.5. The second-order valence-corrected chi connectivity index (χ2v) is 4.43. The van der Waals surface area contributed by atoms with Crippen molar-refractivity contribution < 1.29 is 13.2 Å². The topological polar surface area (TPSA) is 72.7 Å². The van der Waals surface area contributed by atoms with Gasteiger partial charge in [-0.3, -0.25) is 0 Å². The lowest BCUT2D eigenvalue weighted by Gasteiger charge is -2.03. The van der Waals surface area contributed by atoms with E-state index in [2.05, 4.69) is 0 Å². The summed E-state index contributed by atoms with van der Waals surface area (Å²) < 4.78 is 27.2. The van der Waals surface area contributed by atoms with Crippen LogP contribution in [0.1, 0.15) is 11.7 Å². The van der Waals surface area contributed by atoms with Gasteiger partial charge in [-0.25, -0.2) is 13.6 Å². The number of primary sulfonamides is 1. The molecule has 5 heteroatoms. The van der Waals surface area contributed by atoms with E-state index >= 15 is 0 Å². The third-order valence-electron chi connectivity index (χ3n) is 1.91. The molecule has 0 aromatic heterocycles. The summed E-state index contributed by atoms with van der Waals surface area (Å²) in [4.78, 5) is 0.164. The molecule has 0 amide bonds. The number of rotatable bonds is 2. The van der Waals surface area contributed by atoms with Crippen molar-refractivity contribution in [3.05, 3.63) is 29.8 Å². The lowest BCUT2D eigenvalue weighted by molar-refractivity contribution is 0.412. The van der Waals surface area contributed by atoms with Crippen LogP contribution in [-0.2, 0) is 14.8 Å². The molecule has 0 unspecified atom stereocenters. The Bertz CT molecular complexity index is 423. The largest absolute Gasteiger partial charge is 0.368 e. The maximum atomic E-state index is 11.1. The highest BCUT2D eigenvalue weighted by molar-refractivity contribution is 7.89. The molecule has 13 heavy (non-hydrogen) atoms. The Morgan fingerprint density at radius 3 is 2.54 bits per heavy atom. The highest BCUT2D eigenvalue weighted by Crippen LogP contribution is 2.33. The predicted octanol–water partition coefficient (Wildman–Crippen LogP) is 0.405. The van der Waals surface area contributed by atoms with Crippen LogP contribution in [0.25, 0.3) is 0 Å². The zero-order valence-electron chi connectivity index (χ0n) is 6.80. The molecule has 1 aliphatic rings. The maximum Gasteiger partial charge on any atom is 0.238 e. The fourth-order valence-corrected chi connectivity index (χ4v) is 2.03. The van der Waals surface area contributed by atoms with Gasteiger partial charge < -0.3 is 4.74 Å². The third-order valence-corrected chi connectivity index (χ3v) is 2.89. The second kappa shape index (κ2) is 2.80. The van der Waals surface area contributed by atoms with Crippen molar-refractivity contribution >= 4 is 10.0 Å². The van der Waals surface area contributed by atoms with E-state index in [0.29, 0.717) is 12.2 Å². The van der Waals surface area contributed by atoms with E-state index in [0.717, 1.165) is 0 Å². The molecule has 0 bridgehead atoms. The molecule has 1 aromatic carbocycles. The van der Waals surface area contributed by atoms with Crippen LogP contribution < -0.4 is 5.14 Å². The Balaban J connectivity index is 2.55. The summed E-state index contributed by atoms with van der Waals surface area (Å²) in [5.74, 6) is 0. The SMILES string of the molecule is NS(=O)(=O)c1ccccc1[C@H]1CO1. The van der Waals surface area contributed by atoms with E-state index < -0.39 is 10.0 Å². The molecule has 1 atom stereocenters. The molecule has 4 nitrogen and oxygen atoms in total. The van der Waals surface area contributed by atoms with Gasteiger partial charge in [0.2, 0.25) is 10.0 Å². The lowest BCUT2D eigenvalue weighted by Crippen LogP contribution is -2.14. The van der Waals surface area contributed by atoms with Gasteiger partial charge in [-0.2, -0.15) is 0 Å². The molecule has 1 aromatic rings. The summed E-state index contributed by atoms with van der Waals surface area (Å²) in [5.41, 5.74) is 0.657. The molecule has 1 heterocycles. The highest BCUT2D eigenvalue weighted by atomic mass is 32.2. The molecule has 0 saturated carbocycles. The Labute approximate surface area is 76.4 Å². The predicted molar refractivity (Wildman–Crippen MR) is 46.5 cm³/mol. The first kappa shape index (κ1) is 8.68. The van der Waals surface area contributed by atoms with Crippen molar-refractivity contribution in [3.8, 4) is 0 Å². The quantitative estimate of drug-likeness (QED) is 0.701. The Morgan fingerprint density at radius 1 is 1.38 bits per heavy atom. The summed E-state index contributed by atoms with van der Waals surface area (Å²) in [5, 5.41) is 5.04. The van der Waals surface area contributed by atoms with Crippen LogP contribution in [0, 0.1) is 0 Å². The Morgan fingerprint density at radius 2 is 2.00 bits per heavy atom. The standard InChI is InChI=1S/C8H9NO3S/c9-13(10,11)8-4-2-1-3-6(8)7-5-12-7/h1-4,7H,5H2,(H2,9,10,11)/t7-/m1/s1. The molecule has 2 rings (SSSR count). The lowest BCUT2D eigenvalue weighted by atomic mass is 10.2. The van der Waals surface area contributed by atoms with E-state index in [9.17, 15) is 8.42 Å².